The zero-order chi connectivity index (χ0) is 9.97. The molecule has 1 fully saturated rings. The lowest BCUT2D eigenvalue weighted by Gasteiger charge is -2.26. The van der Waals surface area contributed by atoms with E-state index >= 15 is 0 Å². The molecule has 0 atom stereocenters. The Morgan fingerprint density at radius 2 is 2.43 bits per heavy atom. The molecule has 1 aliphatic rings. The van der Waals surface area contributed by atoms with Gasteiger partial charge in [-0.15, -0.1) is 0 Å². The lowest BCUT2D eigenvalue weighted by atomic mass is 10.3. The van der Waals surface area contributed by atoms with Gasteiger partial charge >= 0.3 is 0 Å². The molecule has 0 saturated carbocycles. The molecule has 0 aliphatic carbocycles. The maximum absolute atomic E-state index is 11.8. The highest BCUT2D eigenvalue weighted by Gasteiger charge is 2.21. The van der Waals surface area contributed by atoms with Crippen molar-refractivity contribution in [3.8, 4) is 0 Å². The van der Waals surface area contributed by atoms with Crippen molar-refractivity contribution in [1.82, 2.24) is 4.90 Å². The summed E-state index contributed by atoms with van der Waals surface area (Å²) in [6.07, 6.45) is 2.38. The summed E-state index contributed by atoms with van der Waals surface area (Å²) in [6, 6.07) is 1.65. The fourth-order valence-corrected chi connectivity index (χ4v) is 1.78. The number of carbonyl (C=O) groups excluding carboxylic acids is 1. The molecule has 0 bridgehead atoms. The Balaban J connectivity index is 2.11. The second kappa shape index (κ2) is 4.14. The van der Waals surface area contributed by atoms with E-state index in [-0.39, 0.29) is 5.91 Å². The van der Waals surface area contributed by atoms with Gasteiger partial charge in [0.2, 0.25) is 0 Å². The zero-order valence-electron chi connectivity index (χ0n) is 7.53. The summed E-state index contributed by atoms with van der Waals surface area (Å²) in [5.41, 5.74) is 0.551. The van der Waals surface area contributed by atoms with Gasteiger partial charge in [0.05, 0.1) is 18.4 Å². The van der Waals surface area contributed by atoms with Gasteiger partial charge < -0.3 is 14.1 Å². The van der Waals surface area contributed by atoms with E-state index in [9.17, 15) is 4.79 Å². The molecule has 0 radical (unpaired) electrons. The molecular formula is C9H10BrNO3. The molecule has 76 valence electrons. The van der Waals surface area contributed by atoms with Crippen molar-refractivity contribution in [3.05, 3.63) is 22.6 Å². The van der Waals surface area contributed by atoms with Crippen molar-refractivity contribution in [1.29, 1.82) is 0 Å². The first-order chi connectivity index (χ1) is 6.79. The largest absolute Gasteiger partial charge is 0.457 e. The fourth-order valence-electron chi connectivity index (χ4n) is 1.37. The number of amides is 1. The number of nitrogens with zero attached hydrogens (tertiary/aromatic N) is 1. The van der Waals surface area contributed by atoms with Crippen LogP contribution in [0.3, 0.4) is 0 Å². The number of furan rings is 1. The minimum absolute atomic E-state index is 0.0506. The van der Waals surface area contributed by atoms with Crippen LogP contribution in [0, 0.1) is 0 Å². The maximum Gasteiger partial charge on any atom is 0.260 e. The van der Waals surface area contributed by atoms with Crippen molar-refractivity contribution in [3.63, 3.8) is 0 Å². The van der Waals surface area contributed by atoms with Gasteiger partial charge in [-0.3, -0.25) is 4.79 Å². The Morgan fingerprint density at radius 1 is 1.57 bits per heavy atom. The van der Waals surface area contributed by atoms with Crippen LogP contribution < -0.4 is 0 Å². The molecule has 14 heavy (non-hydrogen) atoms. The highest BCUT2D eigenvalue weighted by atomic mass is 79.9. The van der Waals surface area contributed by atoms with Crippen LogP contribution in [0.4, 0.5) is 0 Å². The van der Waals surface area contributed by atoms with Gasteiger partial charge in [0.25, 0.3) is 5.91 Å². The summed E-state index contributed by atoms with van der Waals surface area (Å²) >= 11 is 3.18. The molecule has 0 spiro atoms. The standard InChI is InChI=1S/C9H10BrNO3/c10-8-7(2-5-14-8)9(12)11-3-1-4-13-6-11/h2,5H,1,3-4,6H2. The summed E-state index contributed by atoms with van der Waals surface area (Å²) in [7, 11) is 0. The average molecular weight is 260 g/mol. The third-order valence-electron chi connectivity index (χ3n) is 2.10. The van der Waals surface area contributed by atoms with Crippen LogP contribution in [0.2, 0.25) is 0 Å². The molecule has 1 aliphatic heterocycles. The summed E-state index contributed by atoms with van der Waals surface area (Å²) in [4.78, 5) is 13.5. The van der Waals surface area contributed by atoms with E-state index in [2.05, 4.69) is 15.9 Å². The number of carbonyl (C=O) groups is 1. The molecule has 0 aromatic carbocycles. The normalized spacial score (nSPS) is 17.1. The number of hydrogen-bond donors (Lipinski definition) is 0. The highest BCUT2D eigenvalue weighted by molar-refractivity contribution is 9.10. The van der Waals surface area contributed by atoms with E-state index in [4.69, 9.17) is 9.15 Å². The summed E-state index contributed by atoms with van der Waals surface area (Å²) in [6.45, 7) is 1.85. The first-order valence-corrected chi connectivity index (χ1v) is 5.18. The molecular weight excluding hydrogens is 250 g/mol. The predicted octanol–water partition coefficient (Wildman–Crippen LogP) is 1.86. The first-order valence-electron chi connectivity index (χ1n) is 4.39. The molecule has 0 N–H and O–H groups in total. The van der Waals surface area contributed by atoms with Gasteiger partial charge in [0.1, 0.15) is 6.73 Å². The van der Waals surface area contributed by atoms with E-state index in [0.717, 1.165) is 19.6 Å². The molecule has 1 aromatic heterocycles. The topological polar surface area (TPSA) is 42.7 Å². The van der Waals surface area contributed by atoms with Gasteiger partial charge in [0, 0.05) is 6.54 Å². The third kappa shape index (κ3) is 1.83. The Labute approximate surface area is 89.9 Å². The molecule has 4 nitrogen and oxygen atoms in total. The van der Waals surface area contributed by atoms with E-state index < -0.39 is 0 Å². The van der Waals surface area contributed by atoms with Crippen molar-refractivity contribution >= 4 is 21.8 Å². The smallest absolute Gasteiger partial charge is 0.260 e. The maximum atomic E-state index is 11.8. The zero-order valence-corrected chi connectivity index (χ0v) is 9.12. The van der Waals surface area contributed by atoms with E-state index in [0.29, 0.717) is 17.0 Å². The molecule has 2 rings (SSSR count). The van der Waals surface area contributed by atoms with Crippen LogP contribution in [0.5, 0.6) is 0 Å². The Bertz CT molecular complexity index is 331. The van der Waals surface area contributed by atoms with Gasteiger partial charge in [-0.05, 0) is 28.4 Å². The Hall–Kier alpha value is -0.810. The molecule has 1 aromatic rings. The monoisotopic (exact) mass is 259 g/mol. The van der Waals surface area contributed by atoms with Crippen molar-refractivity contribution in [2.24, 2.45) is 0 Å². The van der Waals surface area contributed by atoms with Gasteiger partial charge in [-0.25, -0.2) is 0 Å². The SMILES string of the molecule is O=C(c1ccoc1Br)N1CCCOC1. The summed E-state index contributed by atoms with van der Waals surface area (Å²) < 4.78 is 10.7. The van der Waals surface area contributed by atoms with Gasteiger partial charge in [-0.1, -0.05) is 0 Å². The highest BCUT2D eigenvalue weighted by Crippen LogP contribution is 2.20. The third-order valence-corrected chi connectivity index (χ3v) is 2.71. The van der Waals surface area contributed by atoms with Crippen LogP contribution >= 0.6 is 15.9 Å². The Morgan fingerprint density at radius 3 is 3.00 bits per heavy atom. The summed E-state index contributed by atoms with van der Waals surface area (Å²) in [5.74, 6) is -0.0506. The van der Waals surface area contributed by atoms with Crippen molar-refractivity contribution in [2.75, 3.05) is 19.9 Å². The van der Waals surface area contributed by atoms with E-state index in [1.54, 1.807) is 11.0 Å². The number of halogens is 1. The molecule has 1 amide bonds. The molecule has 5 heteroatoms. The summed E-state index contributed by atoms with van der Waals surface area (Å²) in [5, 5.41) is 0. The predicted molar refractivity (Wildman–Crippen MR) is 52.9 cm³/mol. The van der Waals surface area contributed by atoms with Crippen LogP contribution in [0.1, 0.15) is 16.8 Å². The minimum atomic E-state index is -0.0506. The lowest BCUT2D eigenvalue weighted by molar-refractivity contribution is -0.00581. The quantitative estimate of drug-likeness (QED) is 0.774. The fraction of sp³-hybridized carbons (Fsp3) is 0.444. The van der Waals surface area contributed by atoms with Gasteiger partial charge in [-0.2, -0.15) is 0 Å². The average Bonchev–Trinajstić information content (AvgIpc) is 2.65. The Kier molecular flexibility index (Phi) is 2.88. The van der Waals surface area contributed by atoms with Crippen molar-refractivity contribution < 1.29 is 13.9 Å². The first kappa shape index (κ1) is 9.73. The van der Waals surface area contributed by atoms with Crippen LogP contribution in [0.25, 0.3) is 0 Å². The second-order valence-corrected chi connectivity index (χ2v) is 3.79. The van der Waals surface area contributed by atoms with Crippen molar-refractivity contribution in [2.45, 2.75) is 6.42 Å². The minimum Gasteiger partial charge on any atom is -0.457 e. The van der Waals surface area contributed by atoms with E-state index in [1.807, 2.05) is 0 Å². The second-order valence-electron chi connectivity index (χ2n) is 3.07. The van der Waals surface area contributed by atoms with Gasteiger partial charge in [0.15, 0.2) is 4.67 Å². The molecule has 0 unspecified atom stereocenters. The lowest BCUT2D eigenvalue weighted by Crippen LogP contribution is -2.38. The van der Waals surface area contributed by atoms with E-state index in [1.165, 1.54) is 6.26 Å². The number of ether oxygens (including phenoxy) is 1. The van der Waals surface area contributed by atoms with Crippen LogP contribution in [-0.2, 0) is 4.74 Å². The van der Waals surface area contributed by atoms with Crippen LogP contribution in [0.15, 0.2) is 21.4 Å². The number of hydrogen-bond acceptors (Lipinski definition) is 3. The molecule has 1 saturated heterocycles. The number of rotatable bonds is 1. The van der Waals surface area contributed by atoms with Crippen LogP contribution in [-0.4, -0.2) is 30.7 Å². The molecule has 2 heterocycles.